The van der Waals surface area contributed by atoms with Crippen molar-refractivity contribution in [3.05, 3.63) is 69.9 Å². The van der Waals surface area contributed by atoms with Gasteiger partial charge in [0.05, 0.1) is 5.69 Å². The predicted molar refractivity (Wildman–Crippen MR) is 147 cm³/mol. The number of allylic oxidation sites excluding steroid dienone is 6. The van der Waals surface area contributed by atoms with Crippen molar-refractivity contribution in [1.82, 2.24) is 24.5 Å². The number of anilines is 1. The largest absolute Gasteiger partial charge is 0.366 e. The highest BCUT2D eigenvalue weighted by Gasteiger charge is 2.24. The van der Waals surface area contributed by atoms with Gasteiger partial charge in [0.15, 0.2) is 11.4 Å². The summed E-state index contributed by atoms with van der Waals surface area (Å²) in [5, 5.41) is 12.6. The molecule has 0 fully saturated rings. The molecule has 0 aromatic carbocycles. The van der Waals surface area contributed by atoms with E-state index in [9.17, 15) is 8.42 Å². The second-order valence-corrected chi connectivity index (χ2v) is 11.5. The third kappa shape index (κ3) is 5.30. The molecule has 3 aromatic heterocycles. The average molecular weight is 539 g/mol. The van der Waals surface area contributed by atoms with Gasteiger partial charge in [-0.1, -0.05) is 52.2 Å². The quantitative estimate of drug-likeness (QED) is 0.424. The summed E-state index contributed by atoms with van der Waals surface area (Å²) >= 11 is 6.52. The molecule has 2 N–H and O–H groups in total. The lowest BCUT2D eigenvalue weighted by atomic mass is 9.98. The lowest BCUT2D eigenvalue weighted by Crippen LogP contribution is -2.27. The molecule has 0 unspecified atom stereocenters. The summed E-state index contributed by atoms with van der Waals surface area (Å²) in [4.78, 5) is 4.93. The molecular formula is C25H28BClN6O3S. The minimum atomic E-state index is -3.69. The summed E-state index contributed by atoms with van der Waals surface area (Å²) < 4.78 is 34.8. The summed E-state index contributed by atoms with van der Waals surface area (Å²) in [6.45, 7) is 4.09. The molecule has 0 saturated carbocycles. The molecule has 9 nitrogen and oxygen atoms in total. The van der Waals surface area contributed by atoms with E-state index in [2.05, 4.69) is 26.4 Å². The Morgan fingerprint density at radius 1 is 1.16 bits per heavy atom. The molecule has 3 aromatic rings. The van der Waals surface area contributed by atoms with Crippen molar-refractivity contribution in [2.45, 2.75) is 44.4 Å². The molecule has 0 atom stereocenters. The van der Waals surface area contributed by atoms with Gasteiger partial charge in [-0.15, -0.1) is 0 Å². The molecule has 12 heteroatoms. The van der Waals surface area contributed by atoms with Crippen LogP contribution >= 0.6 is 11.6 Å². The van der Waals surface area contributed by atoms with E-state index in [1.165, 1.54) is 5.57 Å². The first kappa shape index (κ1) is 25.5. The molecule has 37 heavy (non-hydrogen) atoms. The zero-order valence-electron chi connectivity index (χ0n) is 21.0. The van der Waals surface area contributed by atoms with Crippen LogP contribution in [0.15, 0.2) is 62.2 Å². The van der Waals surface area contributed by atoms with Crippen LogP contribution in [0.2, 0.25) is 0 Å². The molecule has 0 saturated heterocycles. The molecule has 0 spiro atoms. The van der Waals surface area contributed by atoms with Crippen molar-refractivity contribution in [2.24, 2.45) is 0 Å². The van der Waals surface area contributed by atoms with Crippen molar-refractivity contribution >= 4 is 52.0 Å². The van der Waals surface area contributed by atoms with Crippen LogP contribution in [0.4, 0.5) is 5.82 Å². The monoisotopic (exact) mass is 538 g/mol. The first-order chi connectivity index (χ1) is 17.7. The van der Waals surface area contributed by atoms with E-state index >= 15 is 0 Å². The normalized spacial score (nSPS) is 16.3. The van der Waals surface area contributed by atoms with Crippen molar-refractivity contribution in [2.75, 3.05) is 18.4 Å². The summed E-state index contributed by atoms with van der Waals surface area (Å²) in [5.41, 5.74) is 6.14. The van der Waals surface area contributed by atoms with Gasteiger partial charge >= 0.3 is 0 Å². The van der Waals surface area contributed by atoms with E-state index in [0.717, 1.165) is 64.5 Å². The molecule has 2 aliphatic rings. The zero-order valence-corrected chi connectivity index (χ0v) is 22.6. The third-order valence-corrected chi connectivity index (χ3v) is 8.61. The fourth-order valence-corrected chi connectivity index (χ4v) is 6.17. The number of nitrogens with one attached hydrogen (secondary N) is 2. The van der Waals surface area contributed by atoms with Gasteiger partial charge in [-0.3, -0.25) is 0 Å². The predicted octanol–water partition coefficient (Wildman–Crippen LogP) is 2.93. The van der Waals surface area contributed by atoms with Crippen LogP contribution in [0.1, 0.15) is 42.8 Å². The van der Waals surface area contributed by atoms with E-state index in [-0.39, 0.29) is 17.2 Å². The number of aromatic nitrogens is 4. The van der Waals surface area contributed by atoms with Crippen LogP contribution in [0.5, 0.6) is 0 Å². The van der Waals surface area contributed by atoms with Gasteiger partial charge in [0.25, 0.3) is 0 Å². The molecule has 0 bridgehead atoms. The zero-order chi connectivity index (χ0) is 26.2. The number of sulfonamides is 1. The molecule has 0 radical (unpaired) electrons. The highest BCUT2D eigenvalue weighted by molar-refractivity contribution is 7.89. The van der Waals surface area contributed by atoms with Crippen molar-refractivity contribution in [1.29, 1.82) is 0 Å². The van der Waals surface area contributed by atoms with E-state index in [0.29, 0.717) is 12.2 Å². The van der Waals surface area contributed by atoms with Crippen molar-refractivity contribution in [3.8, 4) is 0 Å². The summed E-state index contributed by atoms with van der Waals surface area (Å²) in [5.74, 6) is 1.13. The highest BCUT2D eigenvalue weighted by Crippen LogP contribution is 2.30. The van der Waals surface area contributed by atoms with Crippen LogP contribution < -0.4 is 15.5 Å². The fraction of sp³-hybridized carbons (Fsp3) is 0.320. The average Bonchev–Trinajstić information content (AvgIpc) is 3.43. The first-order valence-electron chi connectivity index (χ1n) is 12.2. The van der Waals surface area contributed by atoms with Crippen LogP contribution in [0, 0.1) is 13.8 Å². The maximum absolute atomic E-state index is 12.7. The molecule has 192 valence electrons. The summed E-state index contributed by atoms with van der Waals surface area (Å²) in [7, 11) is -1.70. The fourth-order valence-electron chi connectivity index (χ4n) is 4.54. The van der Waals surface area contributed by atoms with Gasteiger partial charge in [0.2, 0.25) is 10.0 Å². The number of nitrogens with zero attached hydrogens (tertiary/aromatic N) is 4. The second-order valence-electron chi connectivity index (χ2n) is 9.33. The van der Waals surface area contributed by atoms with Gasteiger partial charge < -0.3 is 9.84 Å². The van der Waals surface area contributed by atoms with Crippen molar-refractivity contribution < 1.29 is 12.9 Å². The van der Waals surface area contributed by atoms with Crippen LogP contribution in [-0.2, 0) is 10.0 Å². The Bertz CT molecular complexity index is 1580. The maximum Gasteiger partial charge on any atom is 0.246 e. The van der Waals surface area contributed by atoms with Crippen LogP contribution in [0.25, 0.3) is 11.2 Å². The third-order valence-electron chi connectivity index (χ3n) is 6.58. The molecule has 3 heterocycles. The first-order valence-corrected chi connectivity index (χ1v) is 14.0. The number of halogens is 1. The van der Waals surface area contributed by atoms with E-state index < -0.39 is 10.0 Å². The van der Waals surface area contributed by atoms with Crippen LogP contribution in [-0.4, -0.2) is 49.1 Å². The Morgan fingerprint density at radius 2 is 1.92 bits per heavy atom. The Labute approximate surface area is 221 Å². The van der Waals surface area contributed by atoms with Gasteiger partial charge in [0.1, 0.15) is 24.3 Å². The minimum Gasteiger partial charge on any atom is -0.366 e. The second kappa shape index (κ2) is 10.3. The summed E-state index contributed by atoms with van der Waals surface area (Å²) in [6, 6.07) is 1.99. The van der Waals surface area contributed by atoms with E-state index in [1.807, 2.05) is 42.9 Å². The standard InChI is InChI=1S/C25H28BClN6O3S/c1-15-24(16(2)36-32-15)37(34,35)30-13-18-9-7-17(8-10-18)12-28-23-11-22(19-5-3-4-6-21(19)27)31-25-20(26)14-29-33(23)25/h3,5,7,9,11,14,28,30H,4,6,8,10,12-13,26H2,1-2H3. The van der Waals surface area contributed by atoms with E-state index in [4.69, 9.17) is 21.1 Å². The minimum absolute atomic E-state index is 0.113. The molecular weight excluding hydrogens is 511 g/mol. The van der Waals surface area contributed by atoms with Gasteiger partial charge in [0, 0.05) is 36.0 Å². The number of rotatable bonds is 8. The van der Waals surface area contributed by atoms with E-state index in [1.54, 1.807) is 13.8 Å². The Hall–Kier alpha value is -3.15. The topological polar surface area (TPSA) is 114 Å². The molecule has 0 amide bonds. The maximum atomic E-state index is 12.7. The highest BCUT2D eigenvalue weighted by atomic mass is 35.5. The summed E-state index contributed by atoms with van der Waals surface area (Å²) in [6.07, 6.45) is 13.3. The van der Waals surface area contributed by atoms with Crippen LogP contribution in [0.3, 0.4) is 0 Å². The lowest BCUT2D eigenvalue weighted by Gasteiger charge is -2.18. The number of hydrogen-bond donors (Lipinski definition) is 2. The molecule has 0 aliphatic heterocycles. The van der Waals surface area contributed by atoms with Gasteiger partial charge in [-0.25, -0.2) is 18.1 Å². The Morgan fingerprint density at radius 3 is 2.59 bits per heavy atom. The van der Waals surface area contributed by atoms with Gasteiger partial charge in [-0.2, -0.15) is 9.61 Å². The number of aryl methyl sites for hydroxylation is 2. The molecule has 2 aliphatic carbocycles. The Kier molecular flexibility index (Phi) is 7.11. The van der Waals surface area contributed by atoms with Crippen molar-refractivity contribution in [3.63, 3.8) is 0 Å². The van der Waals surface area contributed by atoms with Gasteiger partial charge in [-0.05, 0) is 45.0 Å². The Balaban J connectivity index is 1.29. The number of fused-ring (bicyclic) bond motifs is 1. The molecule has 5 rings (SSSR count). The lowest BCUT2D eigenvalue weighted by molar-refractivity contribution is 0.390. The SMILES string of the molecule is Bc1cnn2c(NCC3=CC=C(CNS(=O)(=O)c4c(C)noc4C)CC3)cc(C3=C(Cl)CCC=C3)nc12. The smallest absolute Gasteiger partial charge is 0.246 e. The number of hydrogen-bond acceptors (Lipinski definition) is 7.